The first-order valence-corrected chi connectivity index (χ1v) is 11.9. The number of rotatable bonds is 11. The topological polar surface area (TPSA) is 103 Å². The van der Waals surface area contributed by atoms with Crippen molar-refractivity contribution in [2.75, 3.05) is 11.1 Å². The van der Waals surface area contributed by atoms with E-state index in [9.17, 15) is 9.59 Å². The van der Waals surface area contributed by atoms with E-state index in [0.29, 0.717) is 21.4 Å². The van der Waals surface area contributed by atoms with Gasteiger partial charge in [0.1, 0.15) is 0 Å². The number of nitrogens with zero attached hydrogens (tertiary/aromatic N) is 3. The summed E-state index contributed by atoms with van der Waals surface area (Å²) in [5, 5.41) is 12.9. The van der Waals surface area contributed by atoms with Gasteiger partial charge in [-0.25, -0.2) is 0 Å². The number of nitrogens with two attached hydrogens (primary N) is 1. The van der Waals surface area contributed by atoms with Crippen LogP contribution in [0, 0.1) is 0 Å². The molecule has 9 heteroatoms. The summed E-state index contributed by atoms with van der Waals surface area (Å²) in [5.74, 6) is 0.275. The fraction of sp³-hybridized carbons (Fsp3) is 0.304. The molecule has 0 aliphatic carbocycles. The number of primary amides is 1. The second-order valence-corrected chi connectivity index (χ2v) is 8.68. The lowest BCUT2D eigenvalue weighted by atomic mass is 10.2. The lowest BCUT2D eigenvalue weighted by Crippen LogP contribution is -2.15. The number of nitrogens with one attached hydrogen (secondary N) is 1. The van der Waals surface area contributed by atoms with Crippen LogP contribution >= 0.6 is 23.4 Å². The second kappa shape index (κ2) is 11.7. The molecular formula is C23H26ClN5O2S. The van der Waals surface area contributed by atoms with Gasteiger partial charge in [-0.05, 0) is 55.0 Å². The largest absolute Gasteiger partial charge is 0.366 e. The highest BCUT2D eigenvalue weighted by atomic mass is 35.5. The highest BCUT2D eigenvalue weighted by molar-refractivity contribution is 7.99. The summed E-state index contributed by atoms with van der Waals surface area (Å²) in [6.07, 6.45) is 4.48. The fourth-order valence-electron chi connectivity index (χ4n) is 3.15. The third-order valence-corrected chi connectivity index (χ3v) is 6.06. The van der Waals surface area contributed by atoms with Gasteiger partial charge in [-0.15, -0.1) is 10.2 Å². The van der Waals surface area contributed by atoms with Crippen LogP contribution in [0.3, 0.4) is 0 Å². The van der Waals surface area contributed by atoms with Crippen molar-refractivity contribution in [3.8, 4) is 11.4 Å². The molecule has 0 fully saturated rings. The molecule has 168 valence electrons. The Balaban J connectivity index is 1.68. The summed E-state index contributed by atoms with van der Waals surface area (Å²) in [6.45, 7) is 2.96. The van der Waals surface area contributed by atoms with Gasteiger partial charge in [0.25, 0.3) is 0 Å². The van der Waals surface area contributed by atoms with Crippen molar-refractivity contribution >= 4 is 40.9 Å². The Morgan fingerprint density at radius 3 is 2.41 bits per heavy atom. The predicted octanol–water partition coefficient (Wildman–Crippen LogP) is 5.01. The van der Waals surface area contributed by atoms with Gasteiger partial charge in [0.05, 0.1) is 5.75 Å². The molecule has 0 bridgehead atoms. The van der Waals surface area contributed by atoms with E-state index in [4.69, 9.17) is 17.3 Å². The Bertz CT molecular complexity index is 1050. The van der Waals surface area contributed by atoms with E-state index in [1.54, 1.807) is 24.3 Å². The SMILES string of the molecule is CCCCCCn1c(SCC(=O)Nc2ccc(C(N)=O)cc2)nnc1-c1ccc(Cl)cc1. The first kappa shape index (κ1) is 23.8. The molecule has 1 heterocycles. The van der Waals surface area contributed by atoms with E-state index < -0.39 is 5.91 Å². The smallest absolute Gasteiger partial charge is 0.248 e. The molecule has 1 aromatic heterocycles. The number of aromatic nitrogens is 3. The Kier molecular flexibility index (Phi) is 8.70. The molecular weight excluding hydrogens is 446 g/mol. The van der Waals surface area contributed by atoms with Crippen LogP contribution in [0.4, 0.5) is 5.69 Å². The zero-order chi connectivity index (χ0) is 22.9. The number of amides is 2. The van der Waals surface area contributed by atoms with Gasteiger partial charge in [0.15, 0.2) is 11.0 Å². The maximum absolute atomic E-state index is 12.4. The molecule has 3 rings (SSSR count). The summed E-state index contributed by atoms with van der Waals surface area (Å²) in [6, 6.07) is 14.0. The van der Waals surface area contributed by atoms with Crippen LogP contribution in [0.5, 0.6) is 0 Å². The molecule has 0 spiro atoms. The molecule has 0 unspecified atom stereocenters. The molecule has 0 atom stereocenters. The number of thioether (sulfide) groups is 1. The van der Waals surface area contributed by atoms with Crippen LogP contribution in [0.2, 0.25) is 5.02 Å². The summed E-state index contributed by atoms with van der Waals surface area (Å²) in [7, 11) is 0. The van der Waals surface area contributed by atoms with Crippen LogP contribution in [0.25, 0.3) is 11.4 Å². The molecule has 0 saturated heterocycles. The minimum absolute atomic E-state index is 0.171. The Morgan fingerprint density at radius 2 is 1.75 bits per heavy atom. The van der Waals surface area contributed by atoms with Gasteiger partial charge < -0.3 is 15.6 Å². The minimum Gasteiger partial charge on any atom is -0.366 e. The number of carbonyl (C=O) groups is 2. The lowest BCUT2D eigenvalue weighted by molar-refractivity contribution is -0.113. The van der Waals surface area contributed by atoms with Gasteiger partial charge in [-0.3, -0.25) is 9.59 Å². The molecule has 2 amide bonds. The quantitative estimate of drug-likeness (QED) is 0.302. The summed E-state index contributed by atoms with van der Waals surface area (Å²) in [5.41, 5.74) is 7.17. The molecule has 0 aliphatic rings. The van der Waals surface area contributed by atoms with Crippen molar-refractivity contribution < 1.29 is 9.59 Å². The number of halogens is 1. The normalized spacial score (nSPS) is 10.8. The second-order valence-electron chi connectivity index (χ2n) is 7.30. The van der Waals surface area contributed by atoms with Gasteiger partial charge in [-0.2, -0.15) is 0 Å². The van der Waals surface area contributed by atoms with Gasteiger partial charge in [0, 0.05) is 28.4 Å². The van der Waals surface area contributed by atoms with E-state index in [2.05, 4.69) is 27.0 Å². The maximum Gasteiger partial charge on any atom is 0.248 e. The molecule has 32 heavy (non-hydrogen) atoms. The fourth-order valence-corrected chi connectivity index (χ4v) is 4.04. The summed E-state index contributed by atoms with van der Waals surface area (Å²) in [4.78, 5) is 23.6. The Morgan fingerprint density at radius 1 is 1.03 bits per heavy atom. The van der Waals surface area contributed by atoms with E-state index >= 15 is 0 Å². The Labute approximate surface area is 196 Å². The first-order valence-electron chi connectivity index (χ1n) is 10.5. The molecule has 3 aromatic rings. The van der Waals surface area contributed by atoms with Gasteiger partial charge in [0.2, 0.25) is 11.8 Å². The minimum atomic E-state index is -0.506. The monoisotopic (exact) mass is 471 g/mol. The van der Waals surface area contributed by atoms with E-state index in [-0.39, 0.29) is 11.7 Å². The first-order chi connectivity index (χ1) is 15.5. The van der Waals surface area contributed by atoms with Crippen LogP contribution in [-0.4, -0.2) is 32.3 Å². The van der Waals surface area contributed by atoms with E-state index in [1.807, 2.05) is 24.3 Å². The van der Waals surface area contributed by atoms with Crippen molar-refractivity contribution in [3.63, 3.8) is 0 Å². The van der Waals surface area contributed by atoms with Crippen LogP contribution < -0.4 is 11.1 Å². The molecule has 0 saturated carbocycles. The number of carbonyl (C=O) groups excluding carboxylic acids is 2. The van der Waals surface area contributed by atoms with E-state index in [0.717, 1.165) is 37.2 Å². The van der Waals surface area contributed by atoms with Crippen LogP contribution in [-0.2, 0) is 11.3 Å². The maximum atomic E-state index is 12.4. The number of unbranched alkanes of at least 4 members (excludes halogenated alkanes) is 3. The van der Waals surface area contributed by atoms with Crippen LogP contribution in [0.15, 0.2) is 53.7 Å². The zero-order valence-electron chi connectivity index (χ0n) is 17.9. The molecule has 2 aromatic carbocycles. The van der Waals surface area contributed by atoms with E-state index in [1.165, 1.54) is 18.2 Å². The third kappa shape index (κ3) is 6.58. The van der Waals surface area contributed by atoms with Crippen molar-refractivity contribution in [2.45, 2.75) is 44.3 Å². The molecule has 3 N–H and O–H groups in total. The van der Waals surface area contributed by atoms with Gasteiger partial charge in [-0.1, -0.05) is 49.5 Å². The number of benzene rings is 2. The predicted molar refractivity (Wildman–Crippen MR) is 129 cm³/mol. The molecule has 0 aliphatic heterocycles. The Hall–Kier alpha value is -2.84. The highest BCUT2D eigenvalue weighted by Gasteiger charge is 2.16. The lowest BCUT2D eigenvalue weighted by Gasteiger charge is -2.10. The molecule has 7 nitrogen and oxygen atoms in total. The highest BCUT2D eigenvalue weighted by Crippen LogP contribution is 2.26. The number of hydrogen-bond donors (Lipinski definition) is 2. The summed E-state index contributed by atoms with van der Waals surface area (Å²) >= 11 is 7.37. The van der Waals surface area contributed by atoms with Crippen molar-refractivity contribution in [1.82, 2.24) is 14.8 Å². The van der Waals surface area contributed by atoms with Crippen molar-refractivity contribution in [3.05, 3.63) is 59.1 Å². The number of hydrogen-bond acceptors (Lipinski definition) is 5. The average Bonchev–Trinajstić information content (AvgIpc) is 3.19. The third-order valence-electron chi connectivity index (χ3n) is 4.84. The van der Waals surface area contributed by atoms with Crippen molar-refractivity contribution in [2.24, 2.45) is 5.73 Å². The standard InChI is InChI=1S/C23H26ClN5O2S/c1-2-3-4-5-14-29-22(17-6-10-18(24)11-7-17)27-28-23(29)32-15-20(30)26-19-12-8-16(9-13-19)21(25)31/h6-13H,2-5,14-15H2,1H3,(H2,25,31)(H,26,30). The van der Waals surface area contributed by atoms with Crippen LogP contribution in [0.1, 0.15) is 43.0 Å². The van der Waals surface area contributed by atoms with Gasteiger partial charge >= 0.3 is 0 Å². The molecule has 0 radical (unpaired) electrons. The zero-order valence-corrected chi connectivity index (χ0v) is 19.5. The average molecular weight is 472 g/mol. The number of anilines is 1. The summed E-state index contributed by atoms with van der Waals surface area (Å²) < 4.78 is 2.07. The van der Waals surface area contributed by atoms with Crippen molar-refractivity contribution in [1.29, 1.82) is 0 Å².